The van der Waals surface area contributed by atoms with Crippen LogP contribution in [-0.2, 0) is 10.0 Å². The van der Waals surface area contributed by atoms with Crippen molar-refractivity contribution in [2.75, 3.05) is 7.11 Å². The summed E-state index contributed by atoms with van der Waals surface area (Å²) >= 11 is 0. The highest BCUT2D eigenvalue weighted by Crippen LogP contribution is 2.38. The number of nitrogens with two attached hydrogens (primary N) is 1. The largest absolute Gasteiger partial charge is 0.481 e. The fourth-order valence-corrected chi connectivity index (χ4v) is 4.59. The Hall–Kier alpha value is -4.35. The molecule has 36 heavy (non-hydrogen) atoms. The number of benzene rings is 2. The lowest BCUT2D eigenvalue weighted by Gasteiger charge is -2.14. The van der Waals surface area contributed by atoms with Gasteiger partial charge in [-0.3, -0.25) is 4.98 Å². The van der Waals surface area contributed by atoms with Crippen LogP contribution in [0.25, 0.3) is 44.3 Å². The minimum atomic E-state index is -4.44. The van der Waals surface area contributed by atoms with Crippen molar-refractivity contribution in [2.45, 2.75) is 4.90 Å². The number of rotatable bonds is 5. The smallest absolute Gasteiger partial charge is 0.240 e. The molecular formula is C25H17F2N5O3S. The van der Waals surface area contributed by atoms with Gasteiger partial charge >= 0.3 is 0 Å². The average Bonchev–Trinajstić information content (AvgIpc) is 2.87. The third kappa shape index (κ3) is 4.14. The van der Waals surface area contributed by atoms with Crippen molar-refractivity contribution in [2.24, 2.45) is 5.14 Å². The van der Waals surface area contributed by atoms with E-state index in [4.69, 9.17) is 9.88 Å². The van der Waals surface area contributed by atoms with Crippen LogP contribution in [0, 0.1) is 11.6 Å². The van der Waals surface area contributed by atoms with Crippen LogP contribution in [0.1, 0.15) is 0 Å². The molecule has 0 saturated carbocycles. The maximum atomic E-state index is 15.2. The Bertz CT molecular complexity index is 1730. The summed E-state index contributed by atoms with van der Waals surface area (Å²) in [6.45, 7) is 0. The van der Waals surface area contributed by atoms with Crippen LogP contribution < -0.4 is 9.88 Å². The lowest BCUT2D eigenvalue weighted by Crippen LogP contribution is -2.15. The summed E-state index contributed by atoms with van der Waals surface area (Å²) in [6.07, 6.45) is 6.41. The van der Waals surface area contributed by atoms with Gasteiger partial charge in [0.1, 0.15) is 10.7 Å². The topological polar surface area (TPSA) is 121 Å². The summed E-state index contributed by atoms with van der Waals surface area (Å²) < 4.78 is 58.9. The minimum Gasteiger partial charge on any atom is -0.481 e. The van der Waals surface area contributed by atoms with Crippen LogP contribution >= 0.6 is 0 Å². The number of methoxy groups -OCH3 is 1. The van der Waals surface area contributed by atoms with Gasteiger partial charge in [0.05, 0.1) is 36.1 Å². The fraction of sp³-hybridized carbons (Fsp3) is 0.0400. The van der Waals surface area contributed by atoms with E-state index in [2.05, 4.69) is 20.2 Å². The van der Waals surface area contributed by atoms with Gasteiger partial charge in [-0.2, -0.15) is 10.2 Å². The average molecular weight is 506 g/mol. The number of sulfonamides is 1. The van der Waals surface area contributed by atoms with Gasteiger partial charge < -0.3 is 4.74 Å². The zero-order chi connectivity index (χ0) is 25.4. The molecule has 0 atom stereocenters. The normalized spacial score (nSPS) is 11.6. The third-order valence-corrected chi connectivity index (χ3v) is 6.57. The van der Waals surface area contributed by atoms with E-state index in [1.165, 1.54) is 19.4 Å². The van der Waals surface area contributed by atoms with Crippen molar-refractivity contribution in [3.05, 3.63) is 85.0 Å². The second kappa shape index (κ2) is 9.02. The van der Waals surface area contributed by atoms with Gasteiger partial charge in [-0.25, -0.2) is 27.3 Å². The summed E-state index contributed by atoms with van der Waals surface area (Å²) in [5.41, 5.74) is 2.95. The second-order valence-corrected chi connectivity index (χ2v) is 9.31. The number of nitrogens with zero attached hydrogens (tertiary/aromatic N) is 4. The van der Waals surface area contributed by atoms with Gasteiger partial charge in [0.25, 0.3) is 0 Å². The molecule has 0 spiro atoms. The predicted molar refractivity (Wildman–Crippen MR) is 129 cm³/mol. The summed E-state index contributed by atoms with van der Waals surface area (Å²) in [7, 11) is -3.14. The first kappa shape index (κ1) is 23.4. The van der Waals surface area contributed by atoms with Crippen LogP contribution in [0.3, 0.4) is 0 Å². The molecule has 0 unspecified atom stereocenters. The molecule has 0 amide bonds. The van der Waals surface area contributed by atoms with Gasteiger partial charge in [-0.15, -0.1) is 0 Å². The molecule has 0 aliphatic heterocycles. The molecule has 5 aromatic rings. The Morgan fingerprint density at radius 3 is 2.39 bits per heavy atom. The number of halogens is 2. The van der Waals surface area contributed by atoms with Gasteiger partial charge in [-0.1, -0.05) is 6.07 Å². The number of pyridine rings is 2. The number of ether oxygens (including phenoxy) is 1. The monoisotopic (exact) mass is 505 g/mol. The number of aromatic nitrogens is 4. The Kier molecular flexibility index (Phi) is 5.86. The molecule has 8 nitrogen and oxygen atoms in total. The molecule has 0 bridgehead atoms. The SMILES string of the molecule is COc1ncc(-c2ccc3nccc(-c4ccnnc4)c3c2)cc1-c1c(F)ccc(S(N)(=O)=O)c1F. The van der Waals surface area contributed by atoms with Crippen LogP contribution in [0.2, 0.25) is 0 Å². The van der Waals surface area contributed by atoms with E-state index in [-0.39, 0.29) is 11.4 Å². The van der Waals surface area contributed by atoms with Gasteiger partial charge in [0.15, 0.2) is 5.82 Å². The minimum absolute atomic E-state index is 0.0691. The van der Waals surface area contributed by atoms with Crippen LogP contribution in [-0.4, -0.2) is 35.7 Å². The van der Waals surface area contributed by atoms with Crippen molar-refractivity contribution in [3.8, 4) is 39.3 Å². The van der Waals surface area contributed by atoms with Gasteiger partial charge in [-0.05, 0) is 53.6 Å². The van der Waals surface area contributed by atoms with Gasteiger partial charge in [0, 0.05) is 28.9 Å². The summed E-state index contributed by atoms with van der Waals surface area (Å²) in [5, 5.41) is 13.7. The number of hydrogen-bond donors (Lipinski definition) is 1. The standard InChI is InChI=1S/C25H17F2N5O3S/c1-35-25-19(23-20(26)3-5-22(24(23)27)36(28,33)34)11-16(12-30-25)14-2-4-21-18(10-14)17(7-8-29-21)15-6-9-31-32-13-15/h2-13H,1H3,(H2,28,33,34). The fourth-order valence-electron chi connectivity index (χ4n) is 3.98. The zero-order valence-corrected chi connectivity index (χ0v) is 19.5. The van der Waals surface area contributed by atoms with E-state index < -0.39 is 32.1 Å². The molecule has 3 aromatic heterocycles. The molecule has 5 rings (SSSR count). The van der Waals surface area contributed by atoms with Crippen molar-refractivity contribution in [3.63, 3.8) is 0 Å². The molecule has 0 saturated heterocycles. The van der Waals surface area contributed by atoms with Crippen LogP contribution in [0.15, 0.2) is 78.2 Å². The first-order valence-corrected chi connectivity index (χ1v) is 12.0. The highest BCUT2D eigenvalue weighted by atomic mass is 32.2. The molecular weight excluding hydrogens is 488 g/mol. The number of primary sulfonamides is 1. The first-order valence-electron chi connectivity index (χ1n) is 10.5. The Balaban J connectivity index is 1.72. The molecule has 0 radical (unpaired) electrons. The number of fused-ring (bicyclic) bond motifs is 1. The molecule has 0 aliphatic carbocycles. The summed E-state index contributed by atoms with van der Waals surface area (Å²) in [6, 6.07) is 12.3. The van der Waals surface area contributed by atoms with Crippen molar-refractivity contribution in [1.29, 1.82) is 0 Å². The predicted octanol–water partition coefficient (Wildman–Crippen LogP) is 4.36. The van der Waals surface area contributed by atoms with Crippen molar-refractivity contribution >= 4 is 20.9 Å². The third-order valence-electron chi connectivity index (χ3n) is 5.65. The van der Waals surface area contributed by atoms with Crippen LogP contribution in [0.4, 0.5) is 8.78 Å². The molecule has 180 valence electrons. The second-order valence-electron chi connectivity index (χ2n) is 7.78. The van der Waals surface area contributed by atoms with E-state index in [0.717, 1.165) is 34.2 Å². The van der Waals surface area contributed by atoms with E-state index >= 15 is 4.39 Å². The maximum absolute atomic E-state index is 15.2. The van der Waals surface area contributed by atoms with E-state index in [1.54, 1.807) is 24.7 Å². The zero-order valence-electron chi connectivity index (χ0n) is 18.7. The first-order chi connectivity index (χ1) is 17.3. The molecule has 2 N–H and O–H groups in total. The molecule has 0 fully saturated rings. The summed E-state index contributed by atoms with van der Waals surface area (Å²) in [4.78, 5) is 7.79. The lowest BCUT2D eigenvalue weighted by atomic mass is 9.97. The van der Waals surface area contributed by atoms with Crippen molar-refractivity contribution in [1.82, 2.24) is 20.2 Å². The Morgan fingerprint density at radius 1 is 0.833 bits per heavy atom. The number of hydrogen-bond acceptors (Lipinski definition) is 7. The molecule has 11 heteroatoms. The van der Waals surface area contributed by atoms with Crippen LogP contribution in [0.5, 0.6) is 5.88 Å². The van der Waals surface area contributed by atoms with E-state index in [0.29, 0.717) is 11.1 Å². The Morgan fingerprint density at radius 2 is 1.67 bits per heavy atom. The van der Waals surface area contributed by atoms with E-state index in [1.807, 2.05) is 24.3 Å². The van der Waals surface area contributed by atoms with Crippen molar-refractivity contribution < 1.29 is 21.9 Å². The molecule has 0 aliphatic rings. The molecule has 2 aromatic carbocycles. The summed E-state index contributed by atoms with van der Waals surface area (Å²) in [5.74, 6) is -2.41. The maximum Gasteiger partial charge on any atom is 0.240 e. The highest BCUT2D eigenvalue weighted by Gasteiger charge is 2.25. The van der Waals surface area contributed by atoms with Gasteiger partial charge in [0.2, 0.25) is 15.9 Å². The quantitative estimate of drug-likeness (QED) is 0.377. The molecule has 3 heterocycles. The highest BCUT2D eigenvalue weighted by molar-refractivity contribution is 7.89. The lowest BCUT2D eigenvalue weighted by molar-refractivity contribution is 0.399. The Labute approximate surface area is 204 Å². The van der Waals surface area contributed by atoms with E-state index in [9.17, 15) is 12.8 Å².